The van der Waals surface area contributed by atoms with Gasteiger partial charge in [-0.3, -0.25) is 24.1 Å². The fraction of sp³-hybridized carbons (Fsp3) is 0.213. The summed E-state index contributed by atoms with van der Waals surface area (Å²) in [6.07, 6.45) is 8.65. The summed E-state index contributed by atoms with van der Waals surface area (Å²) >= 11 is 0. The lowest BCUT2D eigenvalue weighted by molar-refractivity contribution is -0.116. The molecule has 11 rings (SSSR count). The molecule has 0 saturated heterocycles. The third kappa shape index (κ3) is 11.3. The van der Waals surface area contributed by atoms with Crippen LogP contribution in [0.5, 0.6) is 0 Å². The summed E-state index contributed by atoms with van der Waals surface area (Å²) < 4.78 is 0. The first-order valence-electron chi connectivity index (χ1n) is 26.3. The van der Waals surface area contributed by atoms with Gasteiger partial charge in [-0.1, -0.05) is 72.8 Å². The molecule has 7 aromatic rings. The normalized spacial score (nSPS) is 16.6. The lowest BCUT2D eigenvalue weighted by Gasteiger charge is -2.23. The Bertz CT molecular complexity index is 3600. The predicted molar refractivity (Wildman–Crippen MR) is 310 cm³/mol. The van der Waals surface area contributed by atoms with Crippen molar-refractivity contribution in [1.29, 1.82) is 0 Å². The van der Waals surface area contributed by atoms with Crippen LogP contribution >= 0.6 is 0 Å². The number of benzene rings is 4. The van der Waals surface area contributed by atoms with Gasteiger partial charge < -0.3 is 47.2 Å². The molecule has 16 nitrogen and oxygen atoms in total. The minimum atomic E-state index is -0.223. The number of para-hydroxylation sites is 4. The molecule has 4 aromatic carbocycles. The molecule has 1 atom stereocenters. The molecular formula is C61H60N12O4. The molecule has 4 amide bonds. The van der Waals surface area contributed by atoms with Crippen molar-refractivity contribution in [3.05, 3.63) is 144 Å². The number of fused-ring (bicyclic) bond motifs is 17. The monoisotopic (exact) mass is 1020 g/mol. The molecule has 4 aliphatic heterocycles. The first-order valence-corrected chi connectivity index (χ1v) is 26.3. The lowest BCUT2D eigenvalue weighted by atomic mass is 10.0. The largest absolute Gasteiger partial charge is 0.354 e. The molecule has 0 radical (unpaired) electrons. The van der Waals surface area contributed by atoms with E-state index in [2.05, 4.69) is 52.1 Å². The summed E-state index contributed by atoms with van der Waals surface area (Å²) in [6.45, 7) is 7.06. The van der Waals surface area contributed by atoms with Crippen molar-refractivity contribution in [2.45, 2.75) is 26.2 Å². The third-order valence-electron chi connectivity index (χ3n) is 14.1. The molecule has 1 unspecified atom stereocenters. The van der Waals surface area contributed by atoms with Crippen molar-refractivity contribution < 1.29 is 19.2 Å². The number of aromatic amines is 2. The second kappa shape index (κ2) is 23.0. The summed E-state index contributed by atoms with van der Waals surface area (Å²) in [4.78, 5) is 75.6. The molecule has 12 bridgehead atoms. The van der Waals surface area contributed by atoms with Gasteiger partial charge in [0.15, 0.2) is 0 Å². The topological polar surface area (TPSA) is 213 Å². The minimum Gasteiger partial charge on any atom is -0.354 e. The van der Waals surface area contributed by atoms with E-state index in [9.17, 15) is 19.2 Å². The smallest absolute Gasteiger partial charge is 0.225 e. The van der Waals surface area contributed by atoms with E-state index in [1.165, 1.54) is 6.92 Å². The summed E-state index contributed by atoms with van der Waals surface area (Å²) in [5, 5.41) is 23.2. The van der Waals surface area contributed by atoms with Gasteiger partial charge in [0, 0.05) is 174 Å². The van der Waals surface area contributed by atoms with Gasteiger partial charge in [-0.2, -0.15) is 0 Å². The van der Waals surface area contributed by atoms with E-state index >= 15 is 0 Å². The number of nitrogens with zero attached hydrogens (tertiary/aromatic N) is 3. The maximum atomic E-state index is 14.0. The summed E-state index contributed by atoms with van der Waals surface area (Å²) in [5.74, 6) is -0.634. The average Bonchev–Trinajstić information content (AvgIpc) is 4.34. The molecule has 0 spiro atoms. The molecule has 4 aliphatic rings. The van der Waals surface area contributed by atoms with Gasteiger partial charge in [-0.25, -0.2) is 9.97 Å². The van der Waals surface area contributed by atoms with Gasteiger partial charge in [-0.15, -0.1) is 0 Å². The third-order valence-corrected chi connectivity index (χ3v) is 14.1. The van der Waals surface area contributed by atoms with Gasteiger partial charge in [0.2, 0.25) is 23.6 Å². The van der Waals surface area contributed by atoms with E-state index < -0.39 is 0 Å². The van der Waals surface area contributed by atoms with Crippen LogP contribution in [0.4, 0.5) is 22.7 Å². The van der Waals surface area contributed by atoms with Crippen molar-refractivity contribution in [2.24, 2.45) is 0 Å². The minimum absolute atomic E-state index is 0.128. The van der Waals surface area contributed by atoms with Gasteiger partial charge >= 0.3 is 0 Å². The zero-order valence-corrected chi connectivity index (χ0v) is 42.8. The number of hydrogen-bond donors (Lipinski definition) is 9. The standard InChI is InChI=1S/C61H60N12O4/c1-38(74)65-43-14-6-2-10-39(43)58-47-18-20-49(66-47)59-40-11-3-7-15-44(40)70-55(75)26-29-62-32-35-73-36-33-63-30-27-56(76)71-45-16-8-4-12-41(45)60(50-21-19-48(58)67-50)52-23-25-54(69-52)61(53-24-22-51(59)68-53)42-13-5-9-17-46(42)72-57(77)28-31-64-34-37-73/h2-25,62-64,66,69H,26-37H2,1H3,(H,65,74)(H,70,75)(H,71,76)(H,72,77). The quantitative estimate of drug-likeness (QED) is 0.0800. The summed E-state index contributed by atoms with van der Waals surface area (Å²) in [6, 6.07) is 39.0. The fourth-order valence-electron chi connectivity index (χ4n) is 10.4. The second-order valence-electron chi connectivity index (χ2n) is 19.4. The SMILES string of the molecule is CC(=O)Nc1ccccc1-c1c2nc(c3c4ccc([nH]4)c4c5nc(c(c6ccc1[nH]6)-c1ccccc1NC(=O)CCNCCN(CCNCCC(=O)Nc1ccccc1-3)CCNCCC(=O)Nc1ccccc1-4)C=C5)C=C2. The Morgan fingerprint density at radius 1 is 0.429 bits per heavy atom. The molecule has 16 heteroatoms. The van der Waals surface area contributed by atoms with E-state index in [0.29, 0.717) is 107 Å². The molecule has 0 aliphatic carbocycles. The molecule has 7 heterocycles. The van der Waals surface area contributed by atoms with Crippen molar-refractivity contribution >= 4 is 92.7 Å². The van der Waals surface area contributed by atoms with Crippen LogP contribution in [-0.2, 0) is 19.2 Å². The van der Waals surface area contributed by atoms with Crippen LogP contribution in [0.1, 0.15) is 49.0 Å². The highest BCUT2D eigenvalue weighted by atomic mass is 16.2. The first kappa shape index (κ1) is 50.4. The van der Waals surface area contributed by atoms with Crippen LogP contribution in [0.3, 0.4) is 0 Å². The second-order valence-corrected chi connectivity index (χ2v) is 19.4. The maximum absolute atomic E-state index is 14.0. The van der Waals surface area contributed by atoms with E-state index in [1.54, 1.807) is 0 Å². The molecule has 0 saturated carbocycles. The number of aromatic nitrogens is 4. The Kier molecular flexibility index (Phi) is 15.0. The van der Waals surface area contributed by atoms with Gasteiger partial charge in [0.1, 0.15) is 0 Å². The van der Waals surface area contributed by atoms with Crippen molar-refractivity contribution in [3.63, 3.8) is 0 Å². The zero-order chi connectivity index (χ0) is 52.7. The van der Waals surface area contributed by atoms with Crippen molar-refractivity contribution in [3.8, 4) is 44.5 Å². The Labute approximate surface area is 445 Å². The number of amides is 4. The van der Waals surface area contributed by atoms with Crippen LogP contribution in [0.25, 0.3) is 90.9 Å². The highest BCUT2D eigenvalue weighted by Gasteiger charge is 2.24. The van der Waals surface area contributed by atoms with Crippen LogP contribution in [0.2, 0.25) is 0 Å². The van der Waals surface area contributed by atoms with E-state index in [1.807, 2.05) is 146 Å². The van der Waals surface area contributed by atoms with Crippen LogP contribution in [-0.4, -0.2) is 107 Å². The Hall–Kier alpha value is -8.80. The van der Waals surface area contributed by atoms with E-state index in [0.717, 1.165) is 64.1 Å². The number of carbonyl (C=O) groups excluding carboxylic acids is 4. The fourth-order valence-corrected chi connectivity index (χ4v) is 10.4. The molecule has 9 N–H and O–H groups in total. The Morgan fingerprint density at radius 3 is 1.12 bits per heavy atom. The highest BCUT2D eigenvalue weighted by Crippen LogP contribution is 2.43. The Balaban J connectivity index is 1.26. The van der Waals surface area contributed by atoms with Crippen LogP contribution < -0.4 is 37.2 Å². The van der Waals surface area contributed by atoms with Crippen LogP contribution in [0, 0.1) is 0 Å². The number of rotatable bonds is 2. The first-order chi connectivity index (χ1) is 37.7. The van der Waals surface area contributed by atoms with Gasteiger partial charge in [0.25, 0.3) is 0 Å². The summed E-state index contributed by atoms with van der Waals surface area (Å²) in [7, 11) is 0. The van der Waals surface area contributed by atoms with Crippen molar-refractivity contribution in [2.75, 3.05) is 80.2 Å². The molecular weight excluding hydrogens is 965 g/mol. The van der Waals surface area contributed by atoms with Crippen LogP contribution in [0.15, 0.2) is 121 Å². The lowest BCUT2D eigenvalue weighted by Crippen LogP contribution is -2.41. The number of anilines is 4. The zero-order valence-electron chi connectivity index (χ0n) is 42.8. The van der Waals surface area contributed by atoms with E-state index in [4.69, 9.17) is 9.97 Å². The summed E-state index contributed by atoms with van der Waals surface area (Å²) in [5.41, 5.74) is 13.6. The predicted octanol–water partition coefficient (Wildman–Crippen LogP) is 9.37. The number of carbonyl (C=O) groups is 4. The molecule has 77 heavy (non-hydrogen) atoms. The average molecular weight is 1030 g/mol. The molecule has 388 valence electrons. The number of hydrogen-bond acceptors (Lipinski definition) is 10. The maximum Gasteiger partial charge on any atom is 0.225 e. The van der Waals surface area contributed by atoms with Gasteiger partial charge in [0.05, 0.1) is 22.8 Å². The molecule has 0 fully saturated rings. The molecule has 3 aromatic heterocycles. The van der Waals surface area contributed by atoms with E-state index in [-0.39, 0.29) is 42.9 Å². The van der Waals surface area contributed by atoms with Crippen molar-refractivity contribution in [1.82, 2.24) is 40.8 Å². The van der Waals surface area contributed by atoms with Gasteiger partial charge in [-0.05, 0) is 72.8 Å². The number of nitrogens with one attached hydrogen (secondary N) is 9. The highest BCUT2D eigenvalue weighted by molar-refractivity contribution is 6.07. The number of H-pyrrole nitrogens is 2. The Morgan fingerprint density at radius 2 is 0.753 bits per heavy atom.